The number of hydrogen-bond acceptors (Lipinski definition) is 5. The second-order valence-electron chi connectivity index (χ2n) is 6.58. The lowest BCUT2D eigenvalue weighted by Gasteiger charge is -2.36. The van der Waals surface area contributed by atoms with E-state index >= 15 is 0 Å². The maximum Gasteiger partial charge on any atom is 0.239 e. The lowest BCUT2D eigenvalue weighted by Crippen LogP contribution is -2.54. The average Bonchev–Trinajstić information content (AvgIpc) is 2.67. The van der Waals surface area contributed by atoms with E-state index in [1.807, 2.05) is 0 Å². The maximum atomic E-state index is 12.8. The first-order valence-corrected chi connectivity index (χ1v) is 8.35. The summed E-state index contributed by atoms with van der Waals surface area (Å²) >= 11 is 0. The quantitative estimate of drug-likeness (QED) is 0.601. The van der Waals surface area contributed by atoms with Crippen molar-refractivity contribution in [2.45, 2.75) is 13.8 Å². The van der Waals surface area contributed by atoms with Gasteiger partial charge in [0.1, 0.15) is 16.9 Å². The van der Waals surface area contributed by atoms with Gasteiger partial charge in [0.15, 0.2) is 0 Å². The molecule has 0 atom stereocenters. The number of benzene rings is 1. The van der Waals surface area contributed by atoms with E-state index in [0.29, 0.717) is 43.4 Å². The second kappa shape index (κ2) is 8.07. The molecule has 0 radical (unpaired) electrons. The van der Waals surface area contributed by atoms with Gasteiger partial charge in [0.25, 0.3) is 0 Å². The van der Waals surface area contributed by atoms with E-state index in [-0.39, 0.29) is 5.91 Å². The van der Waals surface area contributed by atoms with Gasteiger partial charge in [-0.2, -0.15) is 0 Å². The summed E-state index contributed by atoms with van der Waals surface area (Å²) < 4.78 is 10.4. The molecule has 1 aromatic carbocycles. The minimum absolute atomic E-state index is 0.270. The molecule has 8 heteroatoms. The van der Waals surface area contributed by atoms with E-state index in [0.717, 1.165) is 6.41 Å². The molecule has 26 heavy (non-hydrogen) atoms. The summed E-state index contributed by atoms with van der Waals surface area (Å²) in [5.41, 5.74) is -0.793. The van der Waals surface area contributed by atoms with Crippen molar-refractivity contribution >= 4 is 23.9 Å². The summed E-state index contributed by atoms with van der Waals surface area (Å²) in [4.78, 5) is 39.6. The Labute approximate surface area is 153 Å². The third-order valence-corrected chi connectivity index (χ3v) is 4.51. The van der Waals surface area contributed by atoms with Crippen LogP contribution in [-0.2, 0) is 14.4 Å². The highest BCUT2D eigenvalue weighted by atomic mass is 16.5. The number of piperazine rings is 1. The van der Waals surface area contributed by atoms with Crippen molar-refractivity contribution in [1.82, 2.24) is 9.80 Å². The van der Waals surface area contributed by atoms with Crippen LogP contribution in [0.5, 0.6) is 11.5 Å². The number of nitrogens with zero attached hydrogens (tertiary/aromatic N) is 2. The fourth-order valence-electron chi connectivity index (χ4n) is 2.70. The topological polar surface area (TPSA) is 88.2 Å². The number of carbonyl (C=O) groups excluding carboxylic acids is 3. The minimum Gasteiger partial charge on any atom is -0.497 e. The molecular formula is C18H25N3O5. The van der Waals surface area contributed by atoms with Crippen LogP contribution < -0.4 is 14.8 Å². The number of ether oxygens (including phenoxy) is 2. The maximum absolute atomic E-state index is 12.8. The van der Waals surface area contributed by atoms with Crippen molar-refractivity contribution in [2.75, 3.05) is 45.7 Å². The van der Waals surface area contributed by atoms with Crippen molar-refractivity contribution in [1.29, 1.82) is 0 Å². The Morgan fingerprint density at radius 1 is 1.12 bits per heavy atom. The predicted octanol–water partition coefficient (Wildman–Crippen LogP) is 0.969. The van der Waals surface area contributed by atoms with E-state index < -0.39 is 11.3 Å². The van der Waals surface area contributed by atoms with Gasteiger partial charge in [0, 0.05) is 32.2 Å². The standard InChI is InChI=1S/C18H25N3O5/c1-18(2,17(24)21-9-7-20(12-22)8-10-21)16(23)19-14-6-5-13(25-3)11-15(14)26-4/h5-6,11-12H,7-10H2,1-4H3,(H,19,23). The van der Waals surface area contributed by atoms with E-state index in [1.165, 1.54) is 7.11 Å². The highest BCUT2D eigenvalue weighted by Gasteiger charge is 2.40. The van der Waals surface area contributed by atoms with E-state index in [2.05, 4.69) is 5.32 Å². The molecule has 2 rings (SSSR count). The summed E-state index contributed by atoms with van der Waals surface area (Å²) in [6.45, 7) is 4.96. The van der Waals surface area contributed by atoms with Gasteiger partial charge in [-0.15, -0.1) is 0 Å². The van der Waals surface area contributed by atoms with Crippen LogP contribution in [0.3, 0.4) is 0 Å². The molecule has 8 nitrogen and oxygen atoms in total. The molecule has 0 saturated carbocycles. The lowest BCUT2D eigenvalue weighted by atomic mass is 9.89. The van der Waals surface area contributed by atoms with Crippen LogP contribution >= 0.6 is 0 Å². The fraction of sp³-hybridized carbons (Fsp3) is 0.500. The van der Waals surface area contributed by atoms with Gasteiger partial charge in [-0.3, -0.25) is 14.4 Å². The molecule has 1 aliphatic heterocycles. The zero-order chi connectivity index (χ0) is 19.3. The largest absolute Gasteiger partial charge is 0.497 e. The summed E-state index contributed by atoms with van der Waals surface area (Å²) in [6, 6.07) is 5.02. The third kappa shape index (κ3) is 4.07. The number of carbonyl (C=O) groups is 3. The number of nitrogens with one attached hydrogen (secondary N) is 1. The van der Waals surface area contributed by atoms with Crippen LogP contribution in [0.25, 0.3) is 0 Å². The van der Waals surface area contributed by atoms with E-state index in [9.17, 15) is 14.4 Å². The molecular weight excluding hydrogens is 338 g/mol. The third-order valence-electron chi connectivity index (χ3n) is 4.51. The highest BCUT2D eigenvalue weighted by Crippen LogP contribution is 2.31. The number of hydrogen-bond donors (Lipinski definition) is 1. The van der Waals surface area contributed by atoms with Crippen LogP contribution in [-0.4, -0.2) is 68.4 Å². The van der Waals surface area contributed by atoms with E-state index in [1.54, 1.807) is 49.0 Å². The van der Waals surface area contributed by atoms with Gasteiger partial charge in [-0.1, -0.05) is 0 Å². The normalized spacial score (nSPS) is 14.6. The molecule has 0 spiro atoms. The Kier molecular flexibility index (Phi) is 6.07. The van der Waals surface area contributed by atoms with Crippen LogP contribution in [0.1, 0.15) is 13.8 Å². The van der Waals surface area contributed by atoms with Crippen molar-refractivity contribution in [3.05, 3.63) is 18.2 Å². The Morgan fingerprint density at radius 2 is 1.77 bits per heavy atom. The SMILES string of the molecule is COc1ccc(NC(=O)C(C)(C)C(=O)N2CCN(C=O)CC2)c(OC)c1. The van der Waals surface area contributed by atoms with Crippen molar-refractivity contribution in [3.63, 3.8) is 0 Å². The molecule has 1 aromatic rings. The van der Waals surface area contributed by atoms with Crippen molar-refractivity contribution in [2.24, 2.45) is 5.41 Å². The smallest absolute Gasteiger partial charge is 0.239 e. The summed E-state index contributed by atoms with van der Waals surface area (Å²) in [5, 5.41) is 2.76. The molecule has 1 aliphatic rings. The zero-order valence-electron chi connectivity index (χ0n) is 15.6. The van der Waals surface area contributed by atoms with Gasteiger partial charge < -0.3 is 24.6 Å². The molecule has 1 N–H and O–H groups in total. The second-order valence-corrected chi connectivity index (χ2v) is 6.58. The summed E-state index contributed by atoms with van der Waals surface area (Å²) in [5.74, 6) is 0.348. The Balaban J connectivity index is 2.10. The van der Waals surface area contributed by atoms with Gasteiger partial charge >= 0.3 is 0 Å². The molecule has 1 saturated heterocycles. The molecule has 3 amide bonds. The number of anilines is 1. The Bertz CT molecular complexity index is 681. The van der Waals surface area contributed by atoms with Crippen LogP contribution in [0.4, 0.5) is 5.69 Å². The molecule has 0 bridgehead atoms. The highest BCUT2D eigenvalue weighted by molar-refractivity contribution is 6.10. The van der Waals surface area contributed by atoms with Gasteiger partial charge in [0.2, 0.25) is 18.2 Å². The van der Waals surface area contributed by atoms with Gasteiger partial charge in [-0.25, -0.2) is 0 Å². The first kappa shape index (κ1) is 19.6. The Morgan fingerprint density at radius 3 is 2.31 bits per heavy atom. The van der Waals surface area contributed by atoms with Crippen LogP contribution in [0.2, 0.25) is 0 Å². The van der Waals surface area contributed by atoms with E-state index in [4.69, 9.17) is 9.47 Å². The monoisotopic (exact) mass is 363 g/mol. The van der Waals surface area contributed by atoms with Crippen LogP contribution in [0, 0.1) is 5.41 Å². The Hall–Kier alpha value is -2.77. The minimum atomic E-state index is -1.26. The first-order valence-electron chi connectivity index (χ1n) is 8.35. The molecule has 0 aliphatic carbocycles. The first-order chi connectivity index (χ1) is 12.3. The van der Waals surface area contributed by atoms with Gasteiger partial charge in [-0.05, 0) is 26.0 Å². The number of rotatable bonds is 6. The molecule has 142 valence electrons. The zero-order valence-corrected chi connectivity index (χ0v) is 15.6. The molecule has 0 aromatic heterocycles. The molecule has 1 fully saturated rings. The predicted molar refractivity (Wildman–Crippen MR) is 96.2 cm³/mol. The lowest BCUT2D eigenvalue weighted by molar-refractivity contribution is -0.148. The number of amides is 3. The van der Waals surface area contributed by atoms with Gasteiger partial charge in [0.05, 0.1) is 19.9 Å². The summed E-state index contributed by atoms with van der Waals surface area (Å²) in [7, 11) is 3.03. The van der Waals surface area contributed by atoms with Crippen molar-refractivity contribution in [3.8, 4) is 11.5 Å². The van der Waals surface area contributed by atoms with Crippen molar-refractivity contribution < 1.29 is 23.9 Å². The number of methoxy groups -OCH3 is 2. The molecule has 0 unspecified atom stereocenters. The van der Waals surface area contributed by atoms with Crippen LogP contribution in [0.15, 0.2) is 18.2 Å². The summed E-state index contributed by atoms with van der Waals surface area (Å²) in [6.07, 6.45) is 0.773. The average molecular weight is 363 g/mol. The molecule has 1 heterocycles. The fourth-order valence-corrected chi connectivity index (χ4v) is 2.70.